The number of hydrogen-bond donors (Lipinski definition) is 0. The standard InChI is InChI=1S/C33H42N2O5/c1-6-16-34-17-15-33(27-13-10-14-29(18-27)39-24(4)36)20-28(19-31(30(33)22-34)40-25(5)37)35(21-23(2)3)32(38)26-11-8-7-9-12-26/h6-14,18,23,28,30-31H,1,15-17,19-22H2,2-5H3/t28-,30?,31?,33?/m0/s1. The molecule has 7 heteroatoms. The van der Waals surface area contributed by atoms with Gasteiger partial charge < -0.3 is 14.4 Å². The van der Waals surface area contributed by atoms with Gasteiger partial charge in [0.15, 0.2) is 0 Å². The SMILES string of the molecule is C=CCN1CCC2(c3cccc(OC(C)=O)c3)C[C@@H](N(CC(C)C)C(=O)c3ccccc3)CC(OC(C)=O)C2C1. The molecule has 2 fully saturated rings. The molecule has 4 rings (SSSR count). The monoisotopic (exact) mass is 546 g/mol. The van der Waals surface area contributed by atoms with Crippen LogP contribution in [0.3, 0.4) is 0 Å². The van der Waals surface area contributed by atoms with Gasteiger partial charge in [-0.2, -0.15) is 0 Å². The van der Waals surface area contributed by atoms with Crippen LogP contribution in [0, 0.1) is 11.8 Å². The van der Waals surface area contributed by atoms with Crippen molar-refractivity contribution in [2.45, 2.75) is 64.5 Å². The number of esters is 2. The summed E-state index contributed by atoms with van der Waals surface area (Å²) in [5, 5.41) is 0. The van der Waals surface area contributed by atoms with Gasteiger partial charge in [0.25, 0.3) is 5.91 Å². The average molecular weight is 547 g/mol. The van der Waals surface area contributed by atoms with Gasteiger partial charge in [-0.25, -0.2) is 0 Å². The van der Waals surface area contributed by atoms with Crippen molar-refractivity contribution in [2.75, 3.05) is 26.2 Å². The molecule has 0 aromatic heterocycles. The molecular weight excluding hydrogens is 504 g/mol. The van der Waals surface area contributed by atoms with Crippen molar-refractivity contribution in [1.82, 2.24) is 9.80 Å². The van der Waals surface area contributed by atoms with Gasteiger partial charge in [0.1, 0.15) is 11.9 Å². The highest BCUT2D eigenvalue weighted by Gasteiger charge is 2.54. The molecule has 0 N–H and O–H groups in total. The van der Waals surface area contributed by atoms with E-state index in [4.69, 9.17) is 9.47 Å². The highest BCUT2D eigenvalue weighted by Crippen LogP contribution is 2.51. The third-order valence-corrected chi connectivity index (χ3v) is 8.25. The Kier molecular flexibility index (Phi) is 9.46. The molecule has 4 atom stereocenters. The van der Waals surface area contributed by atoms with Gasteiger partial charge in [-0.3, -0.25) is 19.3 Å². The van der Waals surface area contributed by atoms with Gasteiger partial charge in [0.05, 0.1) is 0 Å². The van der Waals surface area contributed by atoms with Crippen LogP contribution in [0.1, 0.15) is 62.9 Å². The minimum absolute atomic E-state index is 0.00153. The van der Waals surface area contributed by atoms with Crippen molar-refractivity contribution in [3.05, 3.63) is 78.4 Å². The first-order chi connectivity index (χ1) is 19.1. The van der Waals surface area contributed by atoms with Crippen LogP contribution < -0.4 is 4.74 Å². The molecule has 0 bridgehead atoms. The fraction of sp³-hybridized carbons (Fsp3) is 0.485. The maximum Gasteiger partial charge on any atom is 0.308 e. The fourth-order valence-electron chi connectivity index (χ4n) is 6.73. The molecule has 7 nitrogen and oxygen atoms in total. The van der Waals surface area contributed by atoms with E-state index in [9.17, 15) is 14.4 Å². The third-order valence-electron chi connectivity index (χ3n) is 8.25. The van der Waals surface area contributed by atoms with Crippen molar-refractivity contribution in [3.8, 4) is 5.75 Å². The average Bonchev–Trinajstić information content (AvgIpc) is 2.91. The molecule has 2 aromatic rings. The predicted molar refractivity (Wildman–Crippen MR) is 155 cm³/mol. The Morgan fingerprint density at radius 2 is 1.85 bits per heavy atom. The summed E-state index contributed by atoms with van der Waals surface area (Å²) in [6.45, 7) is 14.0. The molecule has 2 aromatic carbocycles. The molecule has 1 heterocycles. The second-order valence-electron chi connectivity index (χ2n) is 11.6. The molecule has 1 saturated carbocycles. The van der Waals surface area contributed by atoms with E-state index in [0.717, 1.165) is 38.0 Å². The van der Waals surface area contributed by atoms with Gasteiger partial charge >= 0.3 is 11.9 Å². The highest BCUT2D eigenvalue weighted by molar-refractivity contribution is 5.94. The molecular formula is C33H42N2O5. The van der Waals surface area contributed by atoms with Crippen molar-refractivity contribution >= 4 is 17.8 Å². The van der Waals surface area contributed by atoms with Crippen LogP contribution >= 0.6 is 0 Å². The van der Waals surface area contributed by atoms with Crippen LogP contribution in [0.15, 0.2) is 67.3 Å². The van der Waals surface area contributed by atoms with E-state index in [-0.39, 0.29) is 47.2 Å². The largest absolute Gasteiger partial charge is 0.462 e. The zero-order valence-electron chi connectivity index (χ0n) is 24.2. The Morgan fingerprint density at radius 3 is 2.50 bits per heavy atom. The van der Waals surface area contributed by atoms with Crippen LogP contribution in [-0.2, 0) is 19.7 Å². The minimum Gasteiger partial charge on any atom is -0.462 e. The number of likely N-dealkylation sites (tertiary alicyclic amines) is 1. The Hall–Kier alpha value is -3.45. The fourth-order valence-corrected chi connectivity index (χ4v) is 6.73. The lowest BCUT2D eigenvalue weighted by Gasteiger charge is -2.56. The van der Waals surface area contributed by atoms with Crippen LogP contribution in [0.25, 0.3) is 0 Å². The Labute approximate surface area is 238 Å². The van der Waals surface area contributed by atoms with E-state index < -0.39 is 0 Å². The summed E-state index contributed by atoms with van der Waals surface area (Å²) in [5.74, 6) is 0.0584. The maximum absolute atomic E-state index is 14.0. The summed E-state index contributed by atoms with van der Waals surface area (Å²) in [6.07, 6.45) is 3.65. The van der Waals surface area contributed by atoms with Gasteiger partial charge in [0, 0.05) is 62.8 Å². The lowest BCUT2D eigenvalue weighted by atomic mass is 9.56. The number of carbonyl (C=O) groups excluding carboxylic acids is 3. The first kappa shape index (κ1) is 29.5. The highest BCUT2D eigenvalue weighted by atomic mass is 16.5. The van der Waals surface area contributed by atoms with Crippen LogP contribution in [0.4, 0.5) is 0 Å². The maximum atomic E-state index is 14.0. The van der Waals surface area contributed by atoms with Crippen molar-refractivity contribution in [1.29, 1.82) is 0 Å². The van der Waals surface area contributed by atoms with E-state index in [0.29, 0.717) is 24.3 Å². The van der Waals surface area contributed by atoms with Gasteiger partial charge in [-0.15, -0.1) is 6.58 Å². The van der Waals surface area contributed by atoms with Crippen LogP contribution in [-0.4, -0.2) is 66.0 Å². The summed E-state index contributed by atoms with van der Waals surface area (Å²) in [6, 6.07) is 17.0. The number of rotatable bonds is 9. The number of benzene rings is 2. The predicted octanol–water partition coefficient (Wildman–Crippen LogP) is 5.25. The zero-order valence-corrected chi connectivity index (χ0v) is 24.2. The number of piperidine rings is 1. The van der Waals surface area contributed by atoms with E-state index in [1.165, 1.54) is 13.8 Å². The normalized spacial score (nSPS) is 24.6. The van der Waals surface area contributed by atoms with E-state index in [1.54, 1.807) is 6.07 Å². The molecule has 1 aliphatic heterocycles. The number of amides is 1. The second kappa shape index (κ2) is 12.8. The summed E-state index contributed by atoms with van der Waals surface area (Å²) in [4.78, 5) is 42.5. The zero-order chi connectivity index (χ0) is 28.9. The van der Waals surface area contributed by atoms with Crippen molar-refractivity contribution in [2.24, 2.45) is 11.8 Å². The quantitative estimate of drug-likeness (QED) is 0.243. The second-order valence-corrected chi connectivity index (χ2v) is 11.6. The molecule has 214 valence electrons. The van der Waals surface area contributed by atoms with Crippen LogP contribution in [0.5, 0.6) is 5.75 Å². The Balaban J connectivity index is 1.82. The molecule has 0 spiro atoms. The number of carbonyl (C=O) groups is 3. The number of fused-ring (bicyclic) bond motifs is 1. The topological polar surface area (TPSA) is 76.2 Å². The summed E-state index contributed by atoms with van der Waals surface area (Å²) < 4.78 is 11.6. The van der Waals surface area contributed by atoms with E-state index in [2.05, 4.69) is 31.4 Å². The Morgan fingerprint density at radius 1 is 1.10 bits per heavy atom. The molecule has 3 unspecified atom stereocenters. The van der Waals surface area contributed by atoms with Crippen molar-refractivity contribution < 1.29 is 23.9 Å². The number of nitrogens with zero attached hydrogens (tertiary/aromatic N) is 2. The lowest BCUT2D eigenvalue weighted by molar-refractivity contribution is -0.159. The lowest BCUT2D eigenvalue weighted by Crippen LogP contribution is -2.62. The third kappa shape index (κ3) is 6.64. The first-order valence-corrected chi connectivity index (χ1v) is 14.3. The first-order valence-electron chi connectivity index (χ1n) is 14.3. The summed E-state index contributed by atoms with van der Waals surface area (Å²) in [5.41, 5.74) is 1.32. The molecule has 1 saturated heterocycles. The molecule has 40 heavy (non-hydrogen) atoms. The molecule has 2 aliphatic rings. The van der Waals surface area contributed by atoms with Crippen LogP contribution in [0.2, 0.25) is 0 Å². The summed E-state index contributed by atoms with van der Waals surface area (Å²) >= 11 is 0. The van der Waals surface area contributed by atoms with Crippen molar-refractivity contribution in [3.63, 3.8) is 0 Å². The summed E-state index contributed by atoms with van der Waals surface area (Å²) in [7, 11) is 0. The molecule has 1 amide bonds. The van der Waals surface area contributed by atoms with E-state index >= 15 is 0 Å². The van der Waals surface area contributed by atoms with E-state index in [1.807, 2.05) is 53.4 Å². The van der Waals surface area contributed by atoms with Gasteiger partial charge in [-0.05, 0) is 55.1 Å². The number of hydrogen-bond acceptors (Lipinski definition) is 6. The molecule has 0 radical (unpaired) electrons. The van der Waals surface area contributed by atoms with Gasteiger partial charge in [-0.1, -0.05) is 50.3 Å². The van der Waals surface area contributed by atoms with Gasteiger partial charge in [0.2, 0.25) is 0 Å². The minimum atomic E-state index is -0.386. The number of ether oxygens (including phenoxy) is 2. The molecule has 1 aliphatic carbocycles. The Bertz CT molecular complexity index is 1210. The smallest absolute Gasteiger partial charge is 0.308 e.